The smallest absolute Gasteiger partial charge is 0.273 e. The average molecular weight is 408 g/mol. The molecule has 2 aliphatic rings. The number of rotatable bonds is 5. The molecule has 0 bridgehead atoms. The summed E-state index contributed by atoms with van der Waals surface area (Å²) in [6.07, 6.45) is 1.99. The van der Waals surface area contributed by atoms with Crippen LogP contribution < -0.4 is 10.1 Å². The van der Waals surface area contributed by atoms with Gasteiger partial charge in [0.1, 0.15) is 11.4 Å². The van der Waals surface area contributed by atoms with Crippen molar-refractivity contribution >= 4 is 29.7 Å². The molecule has 2 saturated heterocycles. The minimum atomic E-state index is 0. The molecule has 1 N–H and O–H groups in total. The minimum absolute atomic E-state index is 0. The highest BCUT2D eigenvalue weighted by Gasteiger charge is 2.47. The van der Waals surface area contributed by atoms with Crippen LogP contribution in [0.15, 0.2) is 29.6 Å². The van der Waals surface area contributed by atoms with E-state index >= 15 is 0 Å². The van der Waals surface area contributed by atoms with Crippen molar-refractivity contribution in [2.45, 2.75) is 25.8 Å². The van der Waals surface area contributed by atoms with Gasteiger partial charge in [-0.2, -0.15) is 0 Å². The summed E-state index contributed by atoms with van der Waals surface area (Å²) in [5.41, 5.74) is 1.78. The van der Waals surface area contributed by atoms with Gasteiger partial charge >= 0.3 is 0 Å². The van der Waals surface area contributed by atoms with Crippen LogP contribution in [0.2, 0.25) is 0 Å². The van der Waals surface area contributed by atoms with Crippen LogP contribution in [-0.2, 0) is 6.42 Å². The number of methoxy groups -OCH3 is 1. The molecule has 3 heterocycles. The highest BCUT2D eigenvalue weighted by molar-refractivity contribution is 7.09. The van der Waals surface area contributed by atoms with Crippen molar-refractivity contribution in [1.29, 1.82) is 0 Å². The van der Waals surface area contributed by atoms with Gasteiger partial charge in [-0.1, -0.05) is 19.1 Å². The summed E-state index contributed by atoms with van der Waals surface area (Å²) in [6, 6.07) is 8.25. The topological polar surface area (TPSA) is 54.5 Å². The Labute approximate surface area is 170 Å². The molecule has 2 fully saturated rings. The van der Waals surface area contributed by atoms with Crippen LogP contribution in [0.4, 0.5) is 0 Å². The molecule has 0 unspecified atom stereocenters. The van der Waals surface area contributed by atoms with Crippen molar-refractivity contribution in [3.63, 3.8) is 0 Å². The lowest BCUT2D eigenvalue weighted by Crippen LogP contribution is -2.34. The van der Waals surface area contributed by atoms with Crippen molar-refractivity contribution in [2.75, 3.05) is 26.7 Å². The molecule has 4 rings (SSSR count). The maximum absolute atomic E-state index is 13.2. The normalized spacial score (nSPS) is 23.8. The number of likely N-dealkylation sites (tertiary alicyclic amines) is 1. The van der Waals surface area contributed by atoms with E-state index in [1.54, 1.807) is 18.4 Å². The van der Waals surface area contributed by atoms with E-state index in [9.17, 15) is 4.79 Å². The second-order valence-electron chi connectivity index (χ2n) is 7.13. The Morgan fingerprint density at radius 2 is 2.11 bits per heavy atom. The third kappa shape index (κ3) is 3.84. The summed E-state index contributed by atoms with van der Waals surface area (Å²) in [7, 11) is 1.67. The predicted molar refractivity (Wildman–Crippen MR) is 110 cm³/mol. The van der Waals surface area contributed by atoms with Crippen molar-refractivity contribution in [2.24, 2.45) is 11.8 Å². The van der Waals surface area contributed by atoms with Crippen LogP contribution >= 0.6 is 23.7 Å². The number of halogens is 1. The van der Waals surface area contributed by atoms with Crippen molar-refractivity contribution in [3.8, 4) is 5.75 Å². The lowest BCUT2D eigenvalue weighted by atomic mass is 9.89. The number of aromatic nitrogens is 1. The molecule has 5 nitrogen and oxygen atoms in total. The quantitative estimate of drug-likeness (QED) is 0.823. The molecule has 7 heteroatoms. The van der Waals surface area contributed by atoms with E-state index in [1.807, 2.05) is 22.4 Å². The molecule has 0 saturated carbocycles. The largest absolute Gasteiger partial charge is 0.497 e. The fourth-order valence-electron chi connectivity index (χ4n) is 4.24. The second kappa shape index (κ2) is 8.59. The lowest BCUT2D eigenvalue weighted by Gasteiger charge is -2.28. The Balaban J connectivity index is 0.00000210. The van der Waals surface area contributed by atoms with E-state index in [0.717, 1.165) is 43.2 Å². The molecular formula is C20H26ClN3O2S. The summed E-state index contributed by atoms with van der Waals surface area (Å²) >= 11 is 1.60. The maximum Gasteiger partial charge on any atom is 0.273 e. The number of ether oxygens (including phenoxy) is 1. The number of aryl methyl sites for hydroxylation is 1. The van der Waals surface area contributed by atoms with Gasteiger partial charge in [-0.25, -0.2) is 4.98 Å². The molecule has 1 amide bonds. The summed E-state index contributed by atoms with van der Waals surface area (Å²) < 4.78 is 5.29. The Bertz CT molecular complexity index is 780. The number of nitrogens with one attached hydrogen (secondary N) is 1. The SMILES string of the molecule is CCCc1nc(C(=O)N2C[C@@H]3CNC[C@@H]3[C@@H]2c2ccc(OC)cc2)cs1.Cl. The fraction of sp³-hybridized carbons (Fsp3) is 0.500. The van der Waals surface area contributed by atoms with Gasteiger partial charge in [0.25, 0.3) is 5.91 Å². The maximum atomic E-state index is 13.2. The van der Waals surface area contributed by atoms with Crippen LogP contribution in [0.3, 0.4) is 0 Å². The van der Waals surface area contributed by atoms with E-state index in [-0.39, 0.29) is 24.4 Å². The number of nitrogens with zero attached hydrogens (tertiary/aromatic N) is 2. The lowest BCUT2D eigenvalue weighted by molar-refractivity contribution is 0.0708. The number of thiazole rings is 1. The molecule has 2 aromatic rings. The first-order chi connectivity index (χ1) is 12.7. The number of hydrogen-bond acceptors (Lipinski definition) is 5. The summed E-state index contributed by atoms with van der Waals surface area (Å²) in [5, 5.41) is 6.47. The molecular weight excluding hydrogens is 382 g/mol. The standard InChI is InChI=1S/C20H25N3O2S.ClH/c1-3-4-18-22-17(12-26-18)20(24)23-11-14-9-21-10-16(14)19(23)13-5-7-15(25-2)8-6-13;/h5-8,12,14,16,19,21H,3-4,9-11H2,1-2H3;1H/t14-,16-,19-;/m0./s1. The zero-order valence-electron chi connectivity index (χ0n) is 15.7. The number of carbonyl (C=O) groups excluding carboxylic acids is 1. The Hall–Kier alpha value is -1.63. The predicted octanol–water partition coefficient (Wildman–Crippen LogP) is 3.56. The summed E-state index contributed by atoms with van der Waals surface area (Å²) in [6.45, 7) is 4.88. The van der Waals surface area contributed by atoms with Gasteiger partial charge in [-0.3, -0.25) is 4.79 Å². The van der Waals surface area contributed by atoms with Crippen molar-refractivity contribution in [3.05, 3.63) is 45.9 Å². The highest BCUT2D eigenvalue weighted by atomic mass is 35.5. The molecule has 1 aromatic heterocycles. The molecule has 146 valence electrons. The molecule has 1 aromatic carbocycles. The van der Waals surface area contributed by atoms with E-state index in [2.05, 4.69) is 29.4 Å². The third-order valence-corrected chi connectivity index (χ3v) is 6.43. The molecule has 0 radical (unpaired) electrons. The fourth-order valence-corrected chi connectivity index (χ4v) is 5.12. The number of fused-ring (bicyclic) bond motifs is 1. The van der Waals surface area contributed by atoms with Crippen molar-refractivity contribution in [1.82, 2.24) is 15.2 Å². The number of amides is 1. The van der Waals surface area contributed by atoms with Crippen LogP contribution in [-0.4, -0.2) is 42.5 Å². The van der Waals surface area contributed by atoms with Gasteiger partial charge in [-0.15, -0.1) is 23.7 Å². The number of benzene rings is 1. The first-order valence-corrected chi connectivity index (χ1v) is 10.2. The van der Waals surface area contributed by atoms with Gasteiger partial charge in [0, 0.05) is 30.9 Å². The first-order valence-electron chi connectivity index (χ1n) is 9.31. The Morgan fingerprint density at radius 1 is 1.33 bits per heavy atom. The zero-order valence-corrected chi connectivity index (χ0v) is 17.3. The first kappa shape index (κ1) is 20.1. The van der Waals surface area contributed by atoms with E-state index in [0.29, 0.717) is 17.5 Å². The van der Waals surface area contributed by atoms with Gasteiger partial charge in [0.15, 0.2) is 0 Å². The average Bonchev–Trinajstić information content (AvgIpc) is 3.37. The molecule has 0 spiro atoms. The zero-order chi connectivity index (χ0) is 18.1. The molecule has 0 aliphatic carbocycles. The van der Waals surface area contributed by atoms with Crippen LogP contribution in [0, 0.1) is 11.8 Å². The molecule has 2 aliphatic heterocycles. The molecule has 3 atom stereocenters. The molecule has 27 heavy (non-hydrogen) atoms. The van der Waals surface area contributed by atoms with Crippen LogP contribution in [0.25, 0.3) is 0 Å². The van der Waals surface area contributed by atoms with Crippen LogP contribution in [0.5, 0.6) is 5.75 Å². The van der Waals surface area contributed by atoms with E-state index in [4.69, 9.17) is 4.74 Å². The van der Waals surface area contributed by atoms with E-state index < -0.39 is 0 Å². The van der Waals surface area contributed by atoms with Gasteiger partial charge < -0.3 is 15.0 Å². The summed E-state index contributed by atoms with van der Waals surface area (Å²) in [5.74, 6) is 1.88. The van der Waals surface area contributed by atoms with Gasteiger partial charge in [0.2, 0.25) is 0 Å². The monoisotopic (exact) mass is 407 g/mol. The van der Waals surface area contributed by atoms with Gasteiger partial charge in [-0.05, 0) is 36.5 Å². The Morgan fingerprint density at radius 3 is 2.81 bits per heavy atom. The van der Waals surface area contributed by atoms with E-state index in [1.165, 1.54) is 5.56 Å². The highest BCUT2D eigenvalue weighted by Crippen LogP contribution is 2.43. The number of hydrogen-bond donors (Lipinski definition) is 1. The minimum Gasteiger partial charge on any atom is -0.497 e. The Kier molecular flexibility index (Phi) is 6.40. The summed E-state index contributed by atoms with van der Waals surface area (Å²) in [4.78, 5) is 19.9. The van der Waals surface area contributed by atoms with Gasteiger partial charge in [0.05, 0.1) is 18.2 Å². The van der Waals surface area contributed by atoms with Crippen molar-refractivity contribution < 1.29 is 9.53 Å². The second-order valence-corrected chi connectivity index (χ2v) is 8.08. The number of carbonyl (C=O) groups is 1. The van der Waals surface area contributed by atoms with Crippen LogP contribution in [0.1, 0.15) is 40.4 Å². The third-order valence-electron chi connectivity index (χ3n) is 5.52.